The number of rotatable bonds is 4. The molecule has 0 saturated heterocycles. The zero-order valence-corrected chi connectivity index (χ0v) is 7.58. The van der Waals surface area contributed by atoms with Crippen LogP contribution in [0.1, 0.15) is 12.1 Å². The Kier molecular flexibility index (Phi) is 3.92. The van der Waals surface area contributed by atoms with Crippen LogP contribution in [0, 0.1) is 0 Å². The van der Waals surface area contributed by atoms with E-state index in [-0.39, 0.29) is 5.56 Å². The molecule has 0 fully saturated rings. The van der Waals surface area contributed by atoms with Gasteiger partial charge in [0, 0.05) is 6.07 Å². The Morgan fingerprint density at radius 1 is 1.62 bits per heavy atom. The largest absolute Gasteiger partial charge is 0.319 e. The number of hydrogen-bond acceptors (Lipinski definition) is 3. The number of aromatic nitrogens is 2. The van der Waals surface area contributed by atoms with E-state index in [1.807, 2.05) is 19.2 Å². The van der Waals surface area contributed by atoms with E-state index in [2.05, 4.69) is 15.5 Å². The average Bonchev–Trinajstić information content (AvgIpc) is 2.15. The number of nitrogens with zero attached hydrogens (tertiary/aromatic N) is 1. The molecule has 1 heterocycles. The molecule has 0 aromatic carbocycles. The maximum absolute atomic E-state index is 10.6. The molecule has 4 nitrogen and oxygen atoms in total. The standard InChI is InChI=1S/C9H13N3O/c1-10-7-3-2-4-8-5-6-9(13)12-11-8/h2,4-6,10H,3,7H2,1H3,(H,12,13). The monoisotopic (exact) mass is 179 g/mol. The molecular weight excluding hydrogens is 166 g/mol. The molecule has 0 unspecified atom stereocenters. The molecule has 0 aliphatic heterocycles. The van der Waals surface area contributed by atoms with Crippen molar-refractivity contribution in [3.63, 3.8) is 0 Å². The van der Waals surface area contributed by atoms with Crippen LogP contribution in [0.3, 0.4) is 0 Å². The molecule has 70 valence electrons. The van der Waals surface area contributed by atoms with Crippen molar-refractivity contribution in [2.24, 2.45) is 0 Å². The third kappa shape index (κ3) is 3.66. The van der Waals surface area contributed by atoms with Crippen molar-refractivity contribution in [1.82, 2.24) is 15.5 Å². The lowest BCUT2D eigenvalue weighted by molar-refractivity contribution is 0.809. The summed E-state index contributed by atoms with van der Waals surface area (Å²) >= 11 is 0. The van der Waals surface area contributed by atoms with E-state index in [0.717, 1.165) is 18.7 Å². The molecule has 0 amide bonds. The number of aromatic amines is 1. The predicted octanol–water partition coefficient (Wildman–Crippen LogP) is 0.393. The van der Waals surface area contributed by atoms with Gasteiger partial charge in [-0.05, 0) is 32.2 Å². The maximum Gasteiger partial charge on any atom is 0.264 e. The van der Waals surface area contributed by atoms with Crippen LogP contribution < -0.4 is 10.9 Å². The van der Waals surface area contributed by atoms with Crippen LogP contribution in [0.2, 0.25) is 0 Å². The van der Waals surface area contributed by atoms with E-state index in [4.69, 9.17) is 0 Å². The zero-order chi connectivity index (χ0) is 9.52. The molecule has 0 spiro atoms. The first-order valence-electron chi connectivity index (χ1n) is 4.20. The summed E-state index contributed by atoms with van der Waals surface area (Å²) in [6, 6.07) is 3.15. The Morgan fingerprint density at radius 2 is 2.46 bits per heavy atom. The average molecular weight is 179 g/mol. The Morgan fingerprint density at radius 3 is 3.08 bits per heavy atom. The van der Waals surface area contributed by atoms with Crippen LogP contribution in [0.15, 0.2) is 23.0 Å². The van der Waals surface area contributed by atoms with E-state index < -0.39 is 0 Å². The summed E-state index contributed by atoms with van der Waals surface area (Å²) < 4.78 is 0. The SMILES string of the molecule is CNCCC=Cc1ccc(=O)[nH]n1. The normalized spacial score (nSPS) is 10.8. The van der Waals surface area contributed by atoms with Crippen molar-refractivity contribution in [1.29, 1.82) is 0 Å². The van der Waals surface area contributed by atoms with Crippen molar-refractivity contribution in [2.45, 2.75) is 6.42 Å². The van der Waals surface area contributed by atoms with E-state index in [1.165, 1.54) is 6.07 Å². The van der Waals surface area contributed by atoms with Gasteiger partial charge in [0.05, 0.1) is 5.69 Å². The molecule has 13 heavy (non-hydrogen) atoms. The Labute approximate surface area is 76.7 Å². The summed E-state index contributed by atoms with van der Waals surface area (Å²) in [5.74, 6) is 0. The van der Waals surface area contributed by atoms with Crippen LogP contribution in [-0.2, 0) is 0 Å². The van der Waals surface area contributed by atoms with Crippen molar-refractivity contribution in [3.8, 4) is 0 Å². The molecule has 0 radical (unpaired) electrons. The van der Waals surface area contributed by atoms with Gasteiger partial charge in [-0.15, -0.1) is 0 Å². The lowest BCUT2D eigenvalue weighted by Crippen LogP contribution is -2.06. The number of nitrogens with one attached hydrogen (secondary N) is 2. The summed E-state index contributed by atoms with van der Waals surface area (Å²) in [5, 5.41) is 9.23. The van der Waals surface area contributed by atoms with Crippen LogP contribution in [0.25, 0.3) is 6.08 Å². The Hall–Kier alpha value is -1.42. The highest BCUT2D eigenvalue weighted by Crippen LogP contribution is 1.93. The lowest BCUT2D eigenvalue weighted by atomic mass is 10.3. The topological polar surface area (TPSA) is 57.8 Å². The molecule has 2 N–H and O–H groups in total. The predicted molar refractivity (Wildman–Crippen MR) is 52.4 cm³/mol. The summed E-state index contributed by atoms with van der Waals surface area (Å²) in [5.41, 5.74) is 0.600. The second kappa shape index (κ2) is 5.27. The summed E-state index contributed by atoms with van der Waals surface area (Å²) in [7, 11) is 1.91. The van der Waals surface area contributed by atoms with Crippen LogP contribution in [0.4, 0.5) is 0 Å². The quantitative estimate of drug-likeness (QED) is 0.657. The molecule has 0 aliphatic rings. The summed E-state index contributed by atoms with van der Waals surface area (Å²) in [4.78, 5) is 10.6. The fraction of sp³-hybridized carbons (Fsp3) is 0.333. The minimum absolute atomic E-state index is 0.174. The van der Waals surface area contributed by atoms with Gasteiger partial charge in [-0.2, -0.15) is 5.10 Å². The molecule has 0 aliphatic carbocycles. The van der Waals surface area contributed by atoms with Gasteiger partial charge in [0.1, 0.15) is 0 Å². The highest BCUT2D eigenvalue weighted by molar-refractivity contribution is 5.42. The first-order valence-corrected chi connectivity index (χ1v) is 4.20. The van der Waals surface area contributed by atoms with Crippen LogP contribution in [-0.4, -0.2) is 23.8 Å². The van der Waals surface area contributed by atoms with E-state index >= 15 is 0 Å². The van der Waals surface area contributed by atoms with Gasteiger partial charge in [-0.1, -0.05) is 6.08 Å². The third-order valence-electron chi connectivity index (χ3n) is 1.55. The van der Waals surface area contributed by atoms with Crippen molar-refractivity contribution in [3.05, 3.63) is 34.3 Å². The minimum Gasteiger partial charge on any atom is -0.319 e. The van der Waals surface area contributed by atoms with Gasteiger partial charge in [-0.3, -0.25) is 4.79 Å². The molecule has 0 bridgehead atoms. The van der Waals surface area contributed by atoms with E-state index in [1.54, 1.807) is 6.07 Å². The van der Waals surface area contributed by atoms with Crippen LogP contribution >= 0.6 is 0 Å². The fourth-order valence-electron chi connectivity index (χ4n) is 0.880. The first-order chi connectivity index (χ1) is 6.33. The molecule has 1 rings (SSSR count). The lowest BCUT2D eigenvalue weighted by Gasteiger charge is -1.91. The fourth-order valence-corrected chi connectivity index (χ4v) is 0.880. The van der Waals surface area contributed by atoms with Gasteiger partial charge < -0.3 is 5.32 Å². The van der Waals surface area contributed by atoms with Gasteiger partial charge in [-0.25, -0.2) is 5.10 Å². The molecule has 0 atom stereocenters. The van der Waals surface area contributed by atoms with Gasteiger partial charge in [0.25, 0.3) is 5.56 Å². The van der Waals surface area contributed by atoms with Crippen molar-refractivity contribution >= 4 is 6.08 Å². The zero-order valence-electron chi connectivity index (χ0n) is 7.58. The second-order valence-corrected chi connectivity index (χ2v) is 2.64. The molecular formula is C9H13N3O. The minimum atomic E-state index is -0.174. The van der Waals surface area contributed by atoms with Crippen LogP contribution in [0.5, 0.6) is 0 Å². The van der Waals surface area contributed by atoms with E-state index in [9.17, 15) is 4.79 Å². The smallest absolute Gasteiger partial charge is 0.264 e. The van der Waals surface area contributed by atoms with Gasteiger partial charge in [0.15, 0.2) is 0 Å². The van der Waals surface area contributed by atoms with Gasteiger partial charge in [0.2, 0.25) is 0 Å². The third-order valence-corrected chi connectivity index (χ3v) is 1.55. The second-order valence-electron chi connectivity index (χ2n) is 2.64. The number of hydrogen-bond donors (Lipinski definition) is 2. The first kappa shape index (κ1) is 9.67. The Bertz CT molecular complexity index is 309. The van der Waals surface area contributed by atoms with Crippen molar-refractivity contribution < 1.29 is 0 Å². The van der Waals surface area contributed by atoms with Crippen molar-refractivity contribution in [2.75, 3.05) is 13.6 Å². The molecule has 1 aromatic rings. The van der Waals surface area contributed by atoms with E-state index in [0.29, 0.717) is 0 Å². The summed E-state index contributed by atoms with van der Waals surface area (Å²) in [6.07, 6.45) is 4.85. The maximum atomic E-state index is 10.6. The Balaban J connectivity index is 2.49. The molecule has 4 heteroatoms. The highest BCUT2D eigenvalue weighted by atomic mass is 16.1. The number of H-pyrrole nitrogens is 1. The van der Waals surface area contributed by atoms with Gasteiger partial charge >= 0.3 is 0 Å². The molecule has 0 saturated carbocycles. The summed E-state index contributed by atoms with van der Waals surface area (Å²) in [6.45, 7) is 0.944. The molecule has 1 aromatic heterocycles. The highest BCUT2D eigenvalue weighted by Gasteiger charge is 1.86.